The highest BCUT2D eigenvalue weighted by molar-refractivity contribution is 7.23. The van der Waals surface area contributed by atoms with Crippen molar-refractivity contribution in [2.45, 2.75) is 0 Å². The average molecular weight is 798 g/mol. The number of rotatable bonds is 6. The van der Waals surface area contributed by atoms with E-state index in [0.29, 0.717) is 23.2 Å². The zero-order chi connectivity index (χ0) is 38.6. The van der Waals surface area contributed by atoms with Gasteiger partial charge >= 0.3 is 0 Å². The molecule has 59 heavy (non-hydrogen) atoms. The van der Waals surface area contributed by atoms with Gasteiger partial charge in [0.2, 0.25) is 17.4 Å². The highest BCUT2D eigenvalue weighted by atomic mass is 32.1. The van der Waals surface area contributed by atoms with Gasteiger partial charge in [-0.2, -0.15) is 9.97 Å². The predicted molar refractivity (Wildman–Crippen MR) is 242 cm³/mol. The number of fused-ring (bicyclic) bond motifs is 11. The van der Waals surface area contributed by atoms with Gasteiger partial charge in [-0.15, -0.1) is 22.7 Å². The minimum Gasteiger partial charge on any atom is -0.456 e. The van der Waals surface area contributed by atoms with E-state index in [1.165, 1.54) is 9.40 Å². The summed E-state index contributed by atoms with van der Waals surface area (Å²) in [5.74, 6) is 1.18. The number of furan rings is 3. The maximum atomic E-state index is 6.57. The van der Waals surface area contributed by atoms with E-state index < -0.39 is 0 Å². The number of hydrogen-bond donors (Lipinski definition) is 0. The summed E-state index contributed by atoms with van der Waals surface area (Å²) in [6, 6.07) is 54.1. The third kappa shape index (κ3) is 5.10. The first-order valence-electron chi connectivity index (χ1n) is 19.1. The summed E-state index contributed by atoms with van der Waals surface area (Å²) in [5, 5.41) is 10.2. The molecule has 0 atom stereocenters. The van der Waals surface area contributed by atoms with E-state index in [4.69, 9.17) is 28.2 Å². The fourth-order valence-electron chi connectivity index (χ4n) is 8.23. The van der Waals surface area contributed by atoms with Crippen LogP contribution in [0.3, 0.4) is 0 Å². The van der Waals surface area contributed by atoms with E-state index in [2.05, 4.69) is 119 Å². The molecule has 278 valence electrons. The summed E-state index contributed by atoms with van der Waals surface area (Å²) in [7, 11) is 0. The summed E-state index contributed by atoms with van der Waals surface area (Å²) >= 11 is 3.39. The molecule has 0 fully saturated rings. The van der Waals surface area contributed by atoms with Gasteiger partial charge in [0, 0.05) is 49.3 Å². The van der Waals surface area contributed by atoms with Gasteiger partial charge < -0.3 is 13.3 Å². The molecule has 0 spiro atoms. The van der Waals surface area contributed by atoms with Crippen LogP contribution in [0.1, 0.15) is 0 Å². The van der Waals surface area contributed by atoms with Crippen molar-refractivity contribution in [2.75, 3.05) is 9.80 Å². The number of anilines is 6. The first-order valence-corrected chi connectivity index (χ1v) is 20.8. The molecule has 0 saturated heterocycles. The maximum Gasteiger partial charge on any atom is 0.238 e. The van der Waals surface area contributed by atoms with Crippen LogP contribution in [-0.2, 0) is 0 Å². The van der Waals surface area contributed by atoms with Crippen LogP contribution < -0.4 is 9.80 Å². The van der Waals surface area contributed by atoms with E-state index in [1.54, 1.807) is 22.7 Å². The second-order valence-corrected chi connectivity index (χ2v) is 16.6. The molecule has 6 aromatic carbocycles. The lowest BCUT2D eigenvalue weighted by molar-refractivity contribution is 0.639. The Bertz CT molecular complexity index is 3490. The molecule has 7 aromatic heterocycles. The number of benzene rings is 6. The number of thiophene rings is 2. The van der Waals surface area contributed by atoms with Crippen molar-refractivity contribution in [1.29, 1.82) is 0 Å². The van der Waals surface area contributed by atoms with Crippen molar-refractivity contribution in [3.8, 4) is 0 Å². The van der Waals surface area contributed by atoms with E-state index in [9.17, 15) is 0 Å². The lowest BCUT2D eigenvalue weighted by Gasteiger charge is -2.22. The summed E-state index contributed by atoms with van der Waals surface area (Å²) in [5.41, 5.74) is 6.02. The first kappa shape index (κ1) is 32.5. The Morgan fingerprint density at radius 1 is 0.407 bits per heavy atom. The summed E-state index contributed by atoms with van der Waals surface area (Å²) in [6.07, 6.45) is 1.84. The first-order chi connectivity index (χ1) is 29.2. The van der Waals surface area contributed by atoms with Gasteiger partial charge in [0.1, 0.15) is 38.2 Å². The molecule has 8 nitrogen and oxygen atoms in total. The van der Waals surface area contributed by atoms with Crippen LogP contribution in [0.5, 0.6) is 0 Å². The highest BCUT2D eigenvalue weighted by Gasteiger charge is 2.24. The van der Waals surface area contributed by atoms with Crippen molar-refractivity contribution in [3.05, 3.63) is 164 Å². The van der Waals surface area contributed by atoms with Gasteiger partial charge in [-0.25, -0.2) is 4.98 Å². The standard InChI is InChI=1S/C49H27N5O3S2/c1-7-15-42-28(9-1)23-45(58-42)53(30-17-19-34-32-11-3-5-13-38(32)55-40(34)25-30)44-22-21-36-37-27-50-49(52-48(37)57-47(36)51-44)54(46-24-29-10-2-8-16-43(29)59-46)31-18-20-35-33-12-4-6-14-39(33)56-41(35)26-31/h1-27H. The van der Waals surface area contributed by atoms with E-state index in [1.807, 2.05) is 54.7 Å². The van der Waals surface area contributed by atoms with Crippen LogP contribution in [0.2, 0.25) is 0 Å². The van der Waals surface area contributed by atoms with Gasteiger partial charge in [0.05, 0.1) is 22.1 Å². The van der Waals surface area contributed by atoms with E-state index in [0.717, 1.165) is 86.8 Å². The number of nitrogens with zero attached hydrogens (tertiary/aromatic N) is 5. The molecule has 0 aliphatic heterocycles. The number of pyridine rings is 1. The van der Waals surface area contributed by atoms with E-state index in [-0.39, 0.29) is 0 Å². The van der Waals surface area contributed by atoms with Crippen molar-refractivity contribution in [1.82, 2.24) is 15.0 Å². The van der Waals surface area contributed by atoms with Crippen LogP contribution in [0, 0.1) is 0 Å². The third-order valence-electron chi connectivity index (χ3n) is 11.0. The third-order valence-corrected chi connectivity index (χ3v) is 13.2. The van der Waals surface area contributed by atoms with Crippen LogP contribution in [-0.4, -0.2) is 15.0 Å². The quantitative estimate of drug-likeness (QED) is 0.164. The van der Waals surface area contributed by atoms with Crippen molar-refractivity contribution in [3.63, 3.8) is 0 Å². The van der Waals surface area contributed by atoms with Gasteiger partial charge in [-0.1, -0.05) is 72.8 Å². The van der Waals surface area contributed by atoms with Gasteiger partial charge in [-0.3, -0.25) is 9.80 Å². The average Bonchev–Trinajstić information content (AvgIpc) is 4.10. The Morgan fingerprint density at radius 2 is 0.932 bits per heavy atom. The molecular weight excluding hydrogens is 771 g/mol. The molecule has 0 radical (unpaired) electrons. The summed E-state index contributed by atoms with van der Waals surface area (Å²) in [4.78, 5) is 19.5. The molecule has 13 rings (SSSR count). The topological polar surface area (TPSA) is 84.6 Å². The molecule has 0 N–H and O–H groups in total. The van der Waals surface area contributed by atoms with Crippen molar-refractivity contribution in [2.24, 2.45) is 0 Å². The van der Waals surface area contributed by atoms with Crippen LogP contribution in [0.15, 0.2) is 177 Å². The van der Waals surface area contributed by atoms with Gasteiger partial charge in [0.25, 0.3) is 0 Å². The van der Waals surface area contributed by atoms with Crippen LogP contribution >= 0.6 is 22.7 Å². The number of aromatic nitrogens is 3. The Kier molecular flexibility index (Phi) is 6.89. The minimum atomic E-state index is 0.447. The van der Waals surface area contributed by atoms with Gasteiger partial charge in [0.15, 0.2) is 0 Å². The van der Waals surface area contributed by atoms with Crippen LogP contribution in [0.4, 0.5) is 33.1 Å². The Labute approximate surface area is 342 Å². The minimum absolute atomic E-state index is 0.447. The lowest BCUT2D eigenvalue weighted by Crippen LogP contribution is -2.11. The molecule has 0 saturated carbocycles. The molecule has 0 bridgehead atoms. The van der Waals surface area contributed by atoms with Crippen LogP contribution in [0.25, 0.3) is 86.2 Å². The molecule has 0 amide bonds. The largest absolute Gasteiger partial charge is 0.456 e. The Morgan fingerprint density at radius 3 is 1.58 bits per heavy atom. The molecular formula is C49H27N5O3S2. The molecule has 0 aliphatic rings. The Hall–Kier alpha value is -7.53. The second kappa shape index (κ2) is 12.5. The predicted octanol–water partition coefficient (Wildman–Crippen LogP) is 14.9. The lowest BCUT2D eigenvalue weighted by atomic mass is 10.1. The molecule has 13 aromatic rings. The zero-order valence-electron chi connectivity index (χ0n) is 30.9. The normalized spacial score (nSPS) is 12.1. The summed E-state index contributed by atoms with van der Waals surface area (Å²) in [6.45, 7) is 0. The molecule has 0 aliphatic carbocycles. The van der Waals surface area contributed by atoms with Gasteiger partial charge in [-0.05, 0) is 83.6 Å². The van der Waals surface area contributed by atoms with Crippen molar-refractivity contribution < 1.29 is 13.3 Å². The fourth-order valence-corrected chi connectivity index (χ4v) is 10.4. The zero-order valence-corrected chi connectivity index (χ0v) is 32.5. The summed E-state index contributed by atoms with van der Waals surface area (Å²) < 4.78 is 21.6. The number of para-hydroxylation sites is 2. The number of hydrogen-bond acceptors (Lipinski definition) is 10. The van der Waals surface area contributed by atoms with E-state index >= 15 is 0 Å². The SMILES string of the molecule is c1ccc2sc(N(c3ccc4c(c3)oc3ccccc34)c3ccc4c(n3)oc3nc(N(c5ccc6c(c5)oc5ccccc56)c5cc6ccccc6s5)ncc34)cc2c1. The fraction of sp³-hybridized carbons (Fsp3) is 0. The molecule has 0 unspecified atom stereocenters. The molecule has 10 heteroatoms. The Balaban J connectivity index is 0.959. The van der Waals surface area contributed by atoms with Crippen molar-refractivity contribution >= 4 is 142 Å². The smallest absolute Gasteiger partial charge is 0.238 e. The highest BCUT2D eigenvalue weighted by Crippen LogP contribution is 2.45. The monoisotopic (exact) mass is 797 g/mol. The maximum absolute atomic E-state index is 6.57. The second-order valence-electron chi connectivity index (χ2n) is 14.5. The molecule has 7 heterocycles.